The highest BCUT2D eigenvalue weighted by Gasteiger charge is 2.49. The number of fused-ring (bicyclic) bond motifs is 2. The number of hydrogen-bond acceptors (Lipinski definition) is 7. The molecule has 12 heteroatoms. The summed E-state index contributed by atoms with van der Waals surface area (Å²) in [6.45, 7) is 0.844. The lowest BCUT2D eigenvalue weighted by molar-refractivity contribution is -0.596. The van der Waals surface area contributed by atoms with E-state index < -0.39 is 53.5 Å². The van der Waals surface area contributed by atoms with Gasteiger partial charge in [-0.15, -0.1) is 0 Å². The highest BCUT2D eigenvalue weighted by molar-refractivity contribution is 7.86. The Morgan fingerprint density at radius 1 is 0.972 bits per heavy atom. The first kappa shape index (κ1) is 24.0. The number of anilines is 3. The number of hydroxylamine groups is 2. The van der Waals surface area contributed by atoms with Gasteiger partial charge in [-0.1, -0.05) is 30.3 Å². The number of nitrogen functional groups attached to an aromatic ring is 1. The highest BCUT2D eigenvalue weighted by atomic mass is 32.2. The molecule has 2 aliphatic rings. The number of nitrogens with two attached hydrogens (primary N) is 1. The molecule has 186 valence electrons. The summed E-state index contributed by atoms with van der Waals surface area (Å²) in [4.78, 5) is 26.1. The number of carbonyl (C=O) groups is 2. The molecule has 8 nitrogen and oxygen atoms in total. The van der Waals surface area contributed by atoms with Crippen molar-refractivity contribution in [2.24, 2.45) is 0 Å². The van der Waals surface area contributed by atoms with Crippen molar-refractivity contribution < 1.29 is 35.2 Å². The molecule has 0 unspecified atom stereocenters. The van der Waals surface area contributed by atoms with Gasteiger partial charge in [-0.05, 0) is 30.7 Å². The van der Waals surface area contributed by atoms with Gasteiger partial charge >= 0.3 is 16.2 Å². The maximum absolute atomic E-state index is 13.5. The van der Waals surface area contributed by atoms with Crippen LogP contribution < -0.4 is 11.1 Å². The highest BCUT2D eigenvalue weighted by Crippen LogP contribution is 2.44. The Balaban J connectivity index is 1.77. The smallest absolute Gasteiger partial charge is 0.416 e. The van der Waals surface area contributed by atoms with E-state index in [-0.39, 0.29) is 46.7 Å². The van der Waals surface area contributed by atoms with Crippen LogP contribution in [0.15, 0.2) is 53.4 Å². The molecule has 1 saturated heterocycles. The van der Waals surface area contributed by atoms with Crippen molar-refractivity contribution in [2.45, 2.75) is 18.0 Å². The van der Waals surface area contributed by atoms with Crippen molar-refractivity contribution in [1.82, 2.24) is 0 Å². The van der Waals surface area contributed by atoms with E-state index in [2.05, 4.69) is 5.32 Å². The van der Waals surface area contributed by atoms with Crippen LogP contribution in [0.2, 0.25) is 0 Å². The maximum atomic E-state index is 13.5. The van der Waals surface area contributed by atoms with Crippen LogP contribution in [-0.4, -0.2) is 37.1 Å². The fraction of sp³-hybridized carbons (Fsp3) is 0.167. The quantitative estimate of drug-likeness (QED) is 0.180. The minimum atomic E-state index is -4.67. The summed E-state index contributed by atoms with van der Waals surface area (Å²) < 4.78 is 65.0. The van der Waals surface area contributed by atoms with Gasteiger partial charge in [0.2, 0.25) is 0 Å². The molecule has 0 aromatic heterocycles. The fourth-order valence-corrected chi connectivity index (χ4v) is 5.84. The fourth-order valence-electron chi connectivity index (χ4n) is 4.27. The summed E-state index contributed by atoms with van der Waals surface area (Å²) in [6.07, 6.45) is -4.67. The summed E-state index contributed by atoms with van der Waals surface area (Å²) in [5, 5.41) is 15.2. The third kappa shape index (κ3) is 3.48. The molecule has 0 spiro atoms. The summed E-state index contributed by atoms with van der Waals surface area (Å²) >= 11 is 0. The van der Waals surface area contributed by atoms with Crippen LogP contribution in [0, 0.1) is 12.1 Å². The Labute approximate surface area is 203 Å². The predicted octanol–water partition coefficient (Wildman–Crippen LogP) is 4.13. The molecule has 3 aromatic carbocycles. The topological polar surface area (TPSA) is 129 Å². The van der Waals surface area contributed by atoms with Crippen LogP contribution >= 0.6 is 0 Å². The van der Waals surface area contributed by atoms with Gasteiger partial charge in [-0.25, -0.2) is 4.05 Å². The molecule has 1 aliphatic carbocycles. The van der Waals surface area contributed by atoms with E-state index in [1.54, 1.807) is 0 Å². The van der Waals surface area contributed by atoms with Crippen molar-refractivity contribution in [3.05, 3.63) is 87.1 Å². The van der Waals surface area contributed by atoms with E-state index in [0.717, 1.165) is 12.1 Å². The van der Waals surface area contributed by atoms with Gasteiger partial charge in [0.25, 0.3) is 0 Å². The molecule has 5 rings (SSSR count). The summed E-state index contributed by atoms with van der Waals surface area (Å²) in [7, 11) is -4.63. The first-order chi connectivity index (χ1) is 16.8. The third-order valence-electron chi connectivity index (χ3n) is 6.33. The van der Waals surface area contributed by atoms with Gasteiger partial charge in [-0.3, -0.25) is 9.59 Å². The van der Waals surface area contributed by atoms with E-state index in [1.807, 2.05) is 0 Å². The van der Waals surface area contributed by atoms with Gasteiger partial charge in [-0.2, -0.15) is 21.6 Å². The van der Waals surface area contributed by atoms with Crippen molar-refractivity contribution in [2.75, 3.05) is 24.1 Å². The summed E-state index contributed by atoms with van der Waals surface area (Å²) in [5.41, 5.74) is 3.53. The van der Waals surface area contributed by atoms with E-state index >= 15 is 0 Å². The lowest BCUT2D eigenvalue weighted by atomic mass is 9.82. The van der Waals surface area contributed by atoms with E-state index in [4.69, 9.17) is 5.73 Å². The second-order valence-electron chi connectivity index (χ2n) is 8.68. The first-order valence-corrected chi connectivity index (χ1v) is 12.1. The number of sulfonamides is 1. The number of aryl methyl sites for hydroxylation is 1. The minimum Gasteiger partial charge on any atom is -0.616 e. The molecule has 0 radical (unpaired) electrons. The second kappa shape index (κ2) is 7.63. The van der Waals surface area contributed by atoms with E-state index in [1.165, 1.54) is 43.3 Å². The molecule has 1 fully saturated rings. The predicted molar refractivity (Wildman–Crippen MR) is 124 cm³/mol. The zero-order valence-electron chi connectivity index (χ0n) is 18.6. The molecule has 0 bridgehead atoms. The Kier molecular flexibility index (Phi) is 5.08. The van der Waals surface area contributed by atoms with Crippen LogP contribution in [-0.2, 0) is 16.2 Å². The molecular formula is C24H18F3N3O5S. The Morgan fingerprint density at radius 2 is 1.56 bits per heavy atom. The number of quaternary nitrogens is 1. The van der Waals surface area contributed by atoms with E-state index in [0.29, 0.717) is 0 Å². The number of hydrogen-bond donors (Lipinski definition) is 2. The molecule has 1 aliphatic heterocycles. The van der Waals surface area contributed by atoms with Gasteiger partial charge in [0, 0.05) is 16.8 Å². The number of nitrogens with one attached hydrogen (secondary N) is 1. The Hall–Kier alpha value is -3.74. The molecule has 0 amide bonds. The van der Waals surface area contributed by atoms with Crippen LogP contribution in [0.5, 0.6) is 0 Å². The molecule has 0 atom stereocenters. The van der Waals surface area contributed by atoms with Crippen molar-refractivity contribution in [1.29, 1.82) is 0 Å². The van der Waals surface area contributed by atoms with Crippen LogP contribution in [0.4, 0.5) is 30.2 Å². The molecular weight excluding hydrogens is 499 g/mol. The lowest BCUT2D eigenvalue weighted by Gasteiger charge is -2.26. The van der Waals surface area contributed by atoms with Crippen molar-refractivity contribution >= 4 is 38.7 Å². The normalized spacial score (nSPS) is 16.4. The Morgan fingerprint density at radius 3 is 2.11 bits per heavy atom. The first-order valence-electron chi connectivity index (χ1n) is 10.7. The number of halogens is 3. The maximum Gasteiger partial charge on any atom is 0.416 e. The molecule has 3 aromatic rings. The number of benzene rings is 3. The Bertz CT molecular complexity index is 1600. The van der Waals surface area contributed by atoms with Gasteiger partial charge in [0.1, 0.15) is 18.0 Å². The number of rotatable bonds is 4. The average molecular weight is 517 g/mol. The average Bonchev–Trinajstić information content (AvgIpc) is 3.58. The number of ketones is 2. The van der Waals surface area contributed by atoms with Crippen LogP contribution in [0.25, 0.3) is 0 Å². The second-order valence-corrected chi connectivity index (χ2v) is 10.7. The summed E-state index contributed by atoms with van der Waals surface area (Å²) in [6, 6.07) is 10.1. The SMILES string of the molecule is Cc1ccc(Nc2cc(S(=O)(=O)[N+]3([O-])CC3)c(N)c3c2C(=O)c2ccccc2C3=O)cc1C(F)(F)F. The van der Waals surface area contributed by atoms with Crippen molar-refractivity contribution in [3.8, 4) is 0 Å². The van der Waals surface area contributed by atoms with Crippen LogP contribution in [0.1, 0.15) is 43.0 Å². The zero-order chi connectivity index (χ0) is 26.2. The molecule has 3 N–H and O–H groups in total. The van der Waals surface area contributed by atoms with Gasteiger partial charge < -0.3 is 16.3 Å². The number of alkyl halides is 3. The minimum absolute atomic E-state index is 0.00496. The van der Waals surface area contributed by atoms with Gasteiger partial charge in [0.05, 0.1) is 28.1 Å². The number of nitrogens with zero attached hydrogens (tertiary/aromatic N) is 1. The zero-order valence-corrected chi connectivity index (χ0v) is 19.5. The largest absolute Gasteiger partial charge is 0.616 e. The molecule has 0 saturated carbocycles. The molecule has 36 heavy (non-hydrogen) atoms. The summed E-state index contributed by atoms with van der Waals surface area (Å²) in [5.74, 6) is -1.40. The lowest BCUT2D eigenvalue weighted by Crippen LogP contribution is -2.30. The molecule has 1 heterocycles. The van der Waals surface area contributed by atoms with Gasteiger partial charge in [0.15, 0.2) is 11.6 Å². The monoisotopic (exact) mass is 517 g/mol. The van der Waals surface area contributed by atoms with Crippen LogP contribution in [0.3, 0.4) is 0 Å². The van der Waals surface area contributed by atoms with Crippen molar-refractivity contribution in [3.63, 3.8) is 0 Å². The standard InChI is InChI=1S/C24H18F3N3O5S/c1-12-6-7-13(10-16(12)24(25,26)27)29-17-11-18(36(34,35)30(33)8-9-30)21(28)20-19(17)22(31)14-4-2-3-5-15(14)23(20)32/h2-7,10-11,29H,8-9,28H2,1H3. The number of carbonyl (C=O) groups excluding carboxylic acids is 2. The third-order valence-corrected chi connectivity index (χ3v) is 8.46. The van der Waals surface area contributed by atoms with E-state index in [9.17, 15) is 36.4 Å².